The molecule has 0 aromatic rings. The maximum absolute atomic E-state index is 11.3. The molecule has 0 aliphatic heterocycles. The van der Waals surface area contributed by atoms with Crippen molar-refractivity contribution in [3.05, 3.63) is 11.3 Å². The zero-order valence-electron chi connectivity index (χ0n) is 8.74. The summed E-state index contributed by atoms with van der Waals surface area (Å²) >= 11 is 0. The zero-order valence-corrected chi connectivity index (χ0v) is 8.74. The first-order chi connectivity index (χ1) is 7.17. The molecule has 5 nitrogen and oxygen atoms in total. The average Bonchev–Trinajstić information content (AvgIpc) is 2.19. The molecular formula is C10H12N2O3. The second-order valence-corrected chi connectivity index (χ2v) is 2.52. The number of ether oxygens (including phenoxy) is 2. The molecule has 0 aromatic heterocycles. The molecule has 0 spiro atoms. The van der Waals surface area contributed by atoms with E-state index in [2.05, 4.69) is 4.74 Å². The zero-order chi connectivity index (χ0) is 11.7. The maximum atomic E-state index is 11.3. The van der Waals surface area contributed by atoms with E-state index in [1.165, 1.54) is 6.92 Å². The second-order valence-electron chi connectivity index (χ2n) is 2.52. The molecule has 0 radical (unpaired) electrons. The summed E-state index contributed by atoms with van der Waals surface area (Å²) in [5, 5.41) is 16.9. The topological polar surface area (TPSA) is 83.1 Å². The monoisotopic (exact) mass is 208 g/mol. The molecule has 0 N–H and O–H groups in total. The molecule has 0 saturated heterocycles. The number of nitrogens with zero attached hydrogens (tertiary/aromatic N) is 2. The van der Waals surface area contributed by atoms with E-state index in [1.807, 2.05) is 6.07 Å². The molecule has 0 unspecified atom stereocenters. The van der Waals surface area contributed by atoms with Crippen LogP contribution in [0.3, 0.4) is 0 Å². The van der Waals surface area contributed by atoms with Crippen LogP contribution in [0.15, 0.2) is 11.3 Å². The molecule has 0 bridgehead atoms. The predicted molar refractivity (Wildman–Crippen MR) is 51.1 cm³/mol. The third-order valence-corrected chi connectivity index (χ3v) is 1.48. The van der Waals surface area contributed by atoms with Gasteiger partial charge in [0.25, 0.3) is 0 Å². The molecule has 0 aliphatic rings. The Morgan fingerprint density at radius 3 is 2.47 bits per heavy atom. The van der Waals surface area contributed by atoms with Crippen LogP contribution in [0.1, 0.15) is 20.3 Å². The fraction of sp³-hybridized carbons (Fsp3) is 0.500. The SMILES string of the molecule is CCOC(C)=C(C#N)C(=O)OCCC#N. The first-order valence-electron chi connectivity index (χ1n) is 4.45. The Hall–Kier alpha value is -2.01. The lowest BCUT2D eigenvalue weighted by molar-refractivity contribution is -0.138. The van der Waals surface area contributed by atoms with Gasteiger partial charge in [0.2, 0.25) is 0 Å². The van der Waals surface area contributed by atoms with Gasteiger partial charge in [0.05, 0.1) is 19.1 Å². The number of esters is 1. The van der Waals surface area contributed by atoms with Crippen LogP contribution in [0.5, 0.6) is 0 Å². The first kappa shape index (κ1) is 13.0. The van der Waals surface area contributed by atoms with E-state index in [0.29, 0.717) is 6.61 Å². The fourth-order valence-corrected chi connectivity index (χ4v) is 0.818. The highest BCUT2D eigenvalue weighted by molar-refractivity contribution is 5.93. The average molecular weight is 208 g/mol. The molecule has 5 heteroatoms. The summed E-state index contributed by atoms with van der Waals surface area (Å²) in [7, 11) is 0. The van der Waals surface area contributed by atoms with E-state index in [0.717, 1.165) is 0 Å². The molecule has 0 atom stereocenters. The first-order valence-corrected chi connectivity index (χ1v) is 4.45. The lowest BCUT2D eigenvalue weighted by Crippen LogP contribution is -2.10. The van der Waals surface area contributed by atoms with Crippen LogP contribution in [-0.2, 0) is 14.3 Å². The number of nitriles is 2. The minimum Gasteiger partial charge on any atom is -0.497 e. The fourth-order valence-electron chi connectivity index (χ4n) is 0.818. The quantitative estimate of drug-likeness (QED) is 0.223. The van der Waals surface area contributed by atoms with Crippen molar-refractivity contribution in [2.45, 2.75) is 20.3 Å². The van der Waals surface area contributed by atoms with Gasteiger partial charge in [0, 0.05) is 0 Å². The van der Waals surface area contributed by atoms with Crippen molar-refractivity contribution >= 4 is 5.97 Å². The summed E-state index contributed by atoms with van der Waals surface area (Å²) in [4.78, 5) is 11.3. The molecule has 0 aromatic carbocycles. The molecule has 0 heterocycles. The molecule has 0 fully saturated rings. The number of allylic oxidation sites excluding steroid dienone is 1. The highest BCUT2D eigenvalue weighted by Gasteiger charge is 2.14. The lowest BCUT2D eigenvalue weighted by Gasteiger charge is -2.05. The molecule has 0 saturated carbocycles. The van der Waals surface area contributed by atoms with E-state index in [1.54, 1.807) is 13.0 Å². The van der Waals surface area contributed by atoms with E-state index >= 15 is 0 Å². The minimum atomic E-state index is -0.751. The normalized spacial score (nSPS) is 10.7. The van der Waals surface area contributed by atoms with Crippen molar-refractivity contribution in [2.24, 2.45) is 0 Å². The van der Waals surface area contributed by atoms with Gasteiger partial charge in [-0.2, -0.15) is 10.5 Å². The maximum Gasteiger partial charge on any atom is 0.352 e. The van der Waals surface area contributed by atoms with Gasteiger partial charge in [0.15, 0.2) is 5.57 Å². The third-order valence-electron chi connectivity index (χ3n) is 1.48. The van der Waals surface area contributed by atoms with Crippen molar-refractivity contribution in [3.63, 3.8) is 0 Å². The van der Waals surface area contributed by atoms with Crippen LogP contribution >= 0.6 is 0 Å². The van der Waals surface area contributed by atoms with Gasteiger partial charge in [-0.25, -0.2) is 4.79 Å². The molecule has 0 aliphatic carbocycles. The van der Waals surface area contributed by atoms with Crippen LogP contribution in [0.4, 0.5) is 0 Å². The summed E-state index contributed by atoms with van der Waals surface area (Å²) < 4.78 is 9.69. The van der Waals surface area contributed by atoms with Gasteiger partial charge in [-0.1, -0.05) is 0 Å². The van der Waals surface area contributed by atoms with Crippen LogP contribution in [0.2, 0.25) is 0 Å². The Kier molecular flexibility index (Phi) is 6.41. The van der Waals surface area contributed by atoms with Gasteiger partial charge < -0.3 is 9.47 Å². The number of carbonyl (C=O) groups excluding carboxylic acids is 1. The Morgan fingerprint density at radius 1 is 1.33 bits per heavy atom. The van der Waals surface area contributed by atoms with E-state index in [-0.39, 0.29) is 24.4 Å². The second kappa shape index (κ2) is 7.40. The van der Waals surface area contributed by atoms with E-state index in [9.17, 15) is 4.79 Å². The van der Waals surface area contributed by atoms with Crippen molar-refractivity contribution in [1.82, 2.24) is 0 Å². The number of carbonyl (C=O) groups is 1. The van der Waals surface area contributed by atoms with Crippen molar-refractivity contribution in [3.8, 4) is 12.1 Å². The Balaban J connectivity index is 4.43. The van der Waals surface area contributed by atoms with Gasteiger partial charge in [-0.15, -0.1) is 0 Å². The van der Waals surface area contributed by atoms with E-state index < -0.39 is 5.97 Å². The molecule has 80 valence electrons. The lowest BCUT2D eigenvalue weighted by atomic mass is 10.2. The third kappa shape index (κ3) is 4.68. The standard InChI is InChI=1S/C10H12N2O3/c1-3-14-8(2)9(7-12)10(13)15-6-4-5-11/h3-4,6H2,1-2H3. The number of hydrogen-bond acceptors (Lipinski definition) is 5. The van der Waals surface area contributed by atoms with Crippen molar-refractivity contribution < 1.29 is 14.3 Å². The van der Waals surface area contributed by atoms with Crippen LogP contribution in [0.25, 0.3) is 0 Å². The van der Waals surface area contributed by atoms with E-state index in [4.69, 9.17) is 15.3 Å². The van der Waals surface area contributed by atoms with Gasteiger partial charge in [-0.05, 0) is 13.8 Å². The smallest absolute Gasteiger partial charge is 0.352 e. The van der Waals surface area contributed by atoms with Crippen LogP contribution in [0, 0.1) is 22.7 Å². The molecule has 0 rings (SSSR count). The summed E-state index contributed by atoms with van der Waals surface area (Å²) in [5.74, 6) is -0.513. The highest BCUT2D eigenvalue weighted by atomic mass is 16.5. The largest absolute Gasteiger partial charge is 0.497 e. The van der Waals surface area contributed by atoms with Crippen molar-refractivity contribution in [2.75, 3.05) is 13.2 Å². The Bertz CT molecular complexity index is 334. The number of rotatable bonds is 5. The minimum absolute atomic E-state index is 0.0140. The van der Waals surface area contributed by atoms with Crippen LogP contribution < -0.4 is 0 Å². The highest BCUT2D eigenvalue weighted by Crippen LogP contribution is 2.07. The molecule has 15 heavy (non-hydrogen) atoms. The molecule has 0 amide bonds. The van der Waals surface area contributed by atoms with Gasteiger partial charge in [-0.3, -0.25) is 0 Å². The predicted octanol–water partition coefficient (Wildman–Crippen LogP) is 1.28. The summed E-state index contributed by atoms with van der Waals surface area (Å²) in [6.45, 7) is 3.63. The summed E-state index contributed by atoms with van der Waals surface area (Å²) in [6, 6.07) is 3.54. The van der Waals surface area contributed by atoms with Crippen molar-refractivity contribution in [1.29, 1.82) is 10.5 Å². The summed E-state index contributed by atoms with van der Waals surface area (Å²) in [6.07, 6.45) is 0.109. The van der Waals surface area contributed by atoms with Gasteiger partial charge in [0.1, 0.15) is 18.4 Å². The van der Waals surface area contributed by atoms with Gasteiger partial charge >= 0.3 is 5.97 Å². The Morgan fingerprint density at radius 2 is 2.00 bits per heavy atom. The summed E-state index contributed by atoms with van der Waals surface area (Å²) in [5.41, 5.74) is -0.158. The number of hydrogen-bond donors (Lipinski definition) is 0. The molecular weight excluding hydrogens is 196 g/mol. The Labute approximate surface area is 88.5 Å². The van der Waals surface area contributed by atoms with Crippen LogP contribution in [-0.4, -0.2) is 19.2 Å².